The van der Waals surface area contributed by atoms with Gasteiger partial charge in [-0.25, -0.2) is 0 Å². The Morgan fingerprint density at radius 2 is 1.87 bits per heavy atom. The second kappa shape index (κ2) is 7.43. The first-order chi connectivity index (χ1) is 6.74. The van der Waals surface area contributed by atoms with Crippen LogP contribution in [0.15, 0.2) is 36.4 Å². The van der Waals surface area contributed by atoms with Crippen molar-refractivity contribution >= 4 is 18.5 Å². The Hall–Kier alpha value is -0.870. The number of hydrogen-bond acceptors (Lipinski definition) is 3. The van der Waals surface area contributed by atoms with Crippen LogP contribution in [0.5, 0.6) is 0 Å². The van der Waals surface area contributed by atoms with Gasteiger partial charge in [-0.2, -0.15) is 0 Å². The number of aliphatic hydroxyl groups is 2. The van der Waals surface area contributed by atoms with Gasteiger partial charge < -0.3 is 15.9 Å². The van der Waals surface area contributed by atoms with Gasteiger partial charge in [0.25, 0.3) is 0 Å². The van der Waals surface area contributed by atoms with E-state index < -0.39 is 12.1 Å². The molecule has 84 valence electrons. The molecule has 0 aliphatic carbocycles. The minimum atomic E-state index is -0.805. The van der Waals surface area contributed by atoms with E-state index in [-0.39, 0.29) is 19.0 Å². The average Bonchev–Trinajstić information content (AvgIpc) is 2.26. The first kappa shape index (κ1) is 14.1. The molecular weight excluding hydrogens is 214 g/mol. The predicted molar refractivity (Wildman–Crippen MR) is 63.8 cm³/mol. The fourth-order valence-corrected chi connectivity index (χ4v) is 1.02. The summed E-state index contributed by atoms with van der Waals surface area (Å²) in [7, 11) is 0. The molecule has 0 amide bonds. The summed E-state index contributed by atoms with van der Waals surface area (Å²) in [6.45, 7) is -0.222. The first-order valence-electron chi connectivity index (χ1n) is 4.52. The van der Waals surface area contributed by atoms with Crippen molar-refractivity contribution in [1.29, 1.82) is 0 Å². The third-order valence-corrected chi connectivity index (χ3v) is 1.93. The Balaban J connectivity index is 0.00000196. The minimum absolute atomic E-state index is 0. The van der Waals surface area contributed by atoms with Crippen molar-refractivity contribution in [2.45, 2.75) is 12.1 Å². The highest BCUT2D eigenvalue weighted by molar-refractivity contribution is 5.85. The number of aliphatic hydroxyl groups excluding tert-OH is 2. The zero-order valence-electron chi connectivity index (χ0n) is 8.28. The van der Waals surface area contributed by atoms with Gasteiger partial charge >= 0.3 is 0 Å². The quantitative estimate of drug-likeness (QED) is 0.716. The number of nitrogens with two attached hydrogens (primary N) is 1. The number of rotatable bonds is 4. The summed E-state index contributed by atoms with van der Waals surface area (Å²) >= 11 is 0. The van der Waals surface area contributed by atoms with Crippen LogP contribution in [0.25, 0.3) is 6.08 Å². The second-order valence-electron chi connectivity index (χ2n) is 3.11. The molecular formula is C11H16ClNO2. The van der Waals surface area contributed by atoms with Crippen LogP contribution < -0.4 is 5.73 Å². The Morgan fingerprint density at radius 3 is 2.40 bits per heavy atom. The third-order valence-electron chi connectivity index (χ3n) is 1.93. The van der Waals surface area contributed by atoms with E-state index >= 15 is 0 Å². The topological polar surface area (TPSA) is 66.5 Å². The highest BCUT2D eigenvalue weighted by Gasteiger charge is 2.08. The molecule has 3 nitrogen and oxygen atoms in total. The monoisotopic (exact) mass is 229 g/mol. The zero-order valence-corrected chi connectivity index (χ0v) is 9.10. The summed E-state index contributed by atoms with van der Waals surface area (Å²) in [4.78, 5) is 0. The maximum absolute atomic E-state index is 9.41. The van der Waals surface area contributed by atoms with E-state index in [1.165, 1.54) is 0 Å². The summed E-state index contributed by atoms with van der Waals surface area (Å²) in [5.41, 5.74) is 6.43. The van der Waals surface area contributed by atoms with Crippen molar-refractivity contribution in [1.82, 2.24) is 0 Å². The lowest BCUT2D eigenvalue weighted by Gasteiger charge is -2.11. The number of halogens is 1. The van der Waals surface area contributed by atoms with Gasteiger partial charge in [0, 0.05) is 0 Å². The second-order valence-corrected chi connectivity index (χ2v) is 3.11. The van der Waals surface area contributed by atoms with Crippen LogP contribution >= 0.6 is 12.4 Å². The van der Waals surface area contributed by atoms with Crippen LogP contribution in [0, 0.1) is 0 Å². The minimum Gasteiger partial charge on any atom is -0.395 e. The molecule has 0 fully saturated rings. The highest BCUT2D eigenvalue weighted by atomic mass is 35.5. The number of hydrogen-bond donors (Lipinski definition) is 3. The zero-order chi connectivity index (χ0) is 10.4. The van der Waals surface area contributed by atoms with Crippen LogP contribution in [-0.4, -0.2) is 29.0 Å². The van der Waals surface area contributed by atoms with Crippen LogP contribution in [0.4, 0.5) is 0 Å². The first-order valence-corrected chi connectivity index (χ1v) is 4.52. The van der Waals surface area contributed by atoms with E-state index in [0.717, 1.165) is 5.56 Å². The molecule has 1 aromatic carbocycles. The van der Waals surface area contributed by atoms with E-state index in [0.29, 0.717) is 0 Å². The molecule has 0 aromatic heterocycles. The summed E-state index contributed by atoms with van der Waals surface area (Å²) in [6.07, 6.45) is 2.55. The molecule has 0 spiro atoms. The molecule has 4 N–H and O–H groups in total. The van der Waals surface area contributed by atoms with Gasteiger partial charge in [0.2, 0.25) is 0 Å². The van der Waals surface area contributed by atoms with Crippen molar-refractivity contribution in [3.05, 3.63) is 42.0 Å². The summed E-state index contributed by atoms with van der Waals surface area (Å²) in [5, 5.41) is 18.1. The van der Waals surface area contributed by atoms with E-state index in [1.54, 1.807) is 12.2 Å². The molecule has 2 atom stereocenters. The van der Waals surface area contributed by atoms with E-state index in [2.05, 4.69) is 0 Å². The van der Waals surface area contributed by atoms with Crippen LogP contribution in [0.1, 0.15) is 5.56 Å². The molecule has 1 rings (SSSR count). The molecule has 1 aromatic rings. The summed E-state index contributed by atoms with van der Waals surface area (Å²) in [5.74, 6) is 0. The van der Waals surface area contributed by atoms with Gasteiger partial charge in [0.1, 0.15) is 0 Å². The van der Waals surface area contributed by atoms with Gasteiger partial charge in [-0.3, -0.25) is 0 Å². The van der Waals surface area contributed by atoms with Crippen molar-refractivity contribution in [3.63, 3.8) is 0 Å². The third kappa shape index (κ3) is 4.95. The Bertz CT molecular complexity index is 290. The Morgan fingerprint density at radius 1 is 1.27 bits per heavy atom. The van der Waals surface area contributed by atoms with Crippen LogP contribution in [-0.2, 0) is 0 Å². The maximum Gasteiger partial charge on any atom is 0.0897 e. The van der Waals surface area contributed by atoms with Crippen LogP contribution in [0.2, 0.25) is 0 Å². The Labute approximate surface area is 95.6 Å². The highest BCUT2D eigenvalue weighted by Crippen LogP contribution is 2.03. The SMILES string of the molecule is Cl.NC(CO)C(O)C=Cc1ccccc1. The van der Waals surface area contributed by atoms with Gasteiger partial charge in [0.15, 0.2) is 0 Å². The standard InChI is InChI=1S/C11H15NO2.ClH/c12-10(8-13)11(14)7-6-9-4-2-1-3-5-9;/h1-7,10-11,13-14H,8,12H2;1H. The van der Waals surface area contributed by atoms with Gasteiger partial charge in [-0.1, -0.05) is 42.5 Å². The molecule has 0 heterocycles. The fraction of sp³-hybridized carbons (Fsp3) is 0.273. The van der Waals surface area contributed by atoms with Crippen LogP contribution in [0.3, 0.4) is 0 Å². The summed E-state index contributed by atoms with van der Waals surface area (Å²) in [6, 6.07) is 8.99. The molecule has 0 saturated carbocycles. The lowest BCUT2D eigenvalue weighted by Crippen LogP contribution is -2.36. The predicted octanol–water partition coefficient (Wildman–Crippen LogP) is 0.802. The van der Waals surface area contributed by atoms with E-state index in [9.17, 15) is 5.11 Å². The van der Waals surface area contributed by atoms with Gasteiger partial charge in [-0.05, 0) is 5.56 Å². The largest absolute Gasteiger partial charge is 0.395 e. The summed E-state index contributed by atoms with van der Waals surface area (Å²) < 4.78 is 0. The average molecular weight is 230 g/mol. The van der Waals surface area contributed by atoms with E-state index in [4.69, 9.17) is 10.8 Å². The molecule has 0 saturated heterocycles. The lowest BCUT2D eigenvalue weighted by atomic mass is 10.1. The molecule has 0 aliphatic rings. The molecule has 0 radical (unpaired) electrons. The lowest BCUT2D eigenvalue weighted by molar-refractivity contribution is 0.145. The normalized spacial score (nSPS) is 14.6. The van der Waals surface area contributed by atoms with Crippen molar-refractivity contribution in [3.8, 4) is 0 Å². The van der Waals surface area contributed by atoms with Crippen molar-refractivity contribution in [2.75, 3.05) is 6.61 Å². The molecule has 0 aliphatic heterocycles. The van der Waals surface area contributed by atoms with Crippen molar-refractivity contribution in [2.24, 2.45) is 5.73 Å². The molecule has 4 heteroatoms. The van der Waals surface area contributed by atoms with E-state index in [1.807, 2.05) is 30.3 Å². The molecule has 15 heavy (non-hydrogen) atoms. The van der Waals surface area contributed by atoms with Gasteiger partial charge in [-0.15, -0.1) is 12.4 Å². The Kier molecular flexibility index (Phi) is 6.99. The molecule has 0 bridgehead atoms. The maximum atomic E-state index is 9.41. The fourth-order valence-electron chi connectivity index (χ4n) is 1.02. The molecule has 2 unspecified atom stereocenters. The smallest absolute Gasteiger partial charge is 0.0897 e. The van der Waals surface area contributed by atoms with Gasteiger partial charge in [0.05, 0.1) is 18.8 Å². The number of benzene rings is 1. The van der Waals surface area contributed by atoms with Crippen molar-refractivity contribution < 1.29 is 10.2 Å².